The number of benzene rings is 1. The topological polar surface area (TPSA) is 38.8 Å². The fraction of sp³-hybridized carbons (Fsp3) is 0.562. The highest BCUT2D eigenvalue weighted by atomic mass is 127. The van der Waals surface area contributed by atoms with Gasteiger partial charge in [0, 0.05) is 10.1 Å². The highest BCUT2D eigenvalue weighted by molar-refractivity contribution is 14.1. The number of amides is 1. The Bertz CT molecular complexity index is 499. The summed E-state index contributed by atoms with van der Waals surface area (Å²) >= 11 is 2.30. The molecule has 1 heterocycles. The van der Waals surface area contributed by atoms with Gasteiger partial charge in [-0.15, -0.1) is 0 Å². The molecule has 21 heavy (non-hydrogen) atoms. The lowest BCUT2D eigenvalue weighted by Crippen LogP contribution is -2.51. The molecule has 1 saturated heterocycles. The number of halogens is 1. The number of hydrogen-bond donors (Lipinski definition) is 0. The molecule has 4 nitrogen and oxygen atoms in total. The van der Waals surface area contributed by atoms with Crippen molar-refractivity contribution in [2.24, 2.45) is 0 Å². The molecule has 1 aromatic carbocycles. The summed E-state index contributed by atoms with van der Waals surface area (Å²) in [6, 6.07) is 8.37. The molecule has 1 aromatic rings. The predicted octanol–water partition coefficient (Wildman–Crippen LogP) is 3.47. The number of carbonyl (C=O) groups is 1. The Morgan fingerprint density at radius 3 is 2.90 bits per heavy atom. The normalized spacial score (nSPS) is 19.4. The van der Waals surface area contributed by atoms with E-state index in [-0.39, 0.29) is 12.1 Å². The van der Waals surface area contributed by atoms with Crippen LogP contribution in [0.15, 0.2) is 24.3 Å². The number of hydrogen-bond acceptors (Lipinski definition) is 3. The largest absolute Gasteiger partial charge is 0.444 e. The van der Waals surface area contributed by atoms with Gasteiger partial charge >= 0.3 is 6.09 Å². The van der Waals surface area contributed by atoms with Gasteiger partial charge < -0.3 is 14.4 Å². The molecule has 0 aromatic heterocycles. The molecule has 0 radical (unpaired) electrons. The molecule has 0 N–H and O–H groups in total. The van der Waals surface area contributed by atoms with E-state index in [1.54, 1.807) is 4.90 Å². The van der Waals surface area contributed by atoms with E-state index in [1.807, 2.05) is 26.8 Å². The van der Waals surface area contributed by atoms with Gasteiger partial charge in [-0.1, -0.05) is 12.1 Å². The zero-order valence-electron chi connectivity index (χ0n) is 12.8. The van der Waals surface area contributed by atoms with Crippen molar-refractivity contribution in [1.82, 2.24) is 4.90 Å². The number of carbonyl (C=O) groups excluding carboxylic acids is 1. The Hall–Kier alpha value is -0.820. The summed E-state index contributed by atoms with van der Waals surface area (Å²) in [5.74, 6) is 0. The Morgan fingerprint density at radius 2 is 2.24 bits per heavy atom. The molecule has 1 aliphatic rings. The van der Waals surface area contributed by atoms with Gasteiger partial charge in [0.15, 0.2) is 0 Å². The molecule has 1 aliphatic heterocycles. The minimum absolute atomic E-state index is 0.0341. The third-order valence-electron chi connectivity index (χ3n) is 3.22. The van der Waals surface area contributed by atoms with Crippen molar-refractivity contribution < 1.29 is 14.3 Å². The fourth-order valence-corrected chi connectivity index (χ4v) is 2.93. The first kappa shape index (κ1) is 16.5. The van der Waals surface area contributed by atoms with Crippen LogP contribution in [0.5, 0.6) is 0 Å². The van der Waals surface area contributed by atoms with Crippen molar-refractivity contribution >= 4 is 28.7 Å². The summed E-state index contributed by atoms with van der Waals surface area (Å²) in [5.41, 5.74) is 0.744. The summed E-state index contributed by atoms with van der Waals surface area (Å²) in [6.45, 7) is 7.38. The molecule has 0 aliphatic carbocycles. The Morgan fingerprint density at radius 1 is 1.48 bits per heavy atom. The Kier molecular flexibility index (Phi) is 5.48. The summed E-state index contributed by atoms with van der Waals surface area (Å²) in [5, 5.41) is 0. The number of ether oxygens (including phenoxy) is 2. The Balaban J connectivity index is 2.06. The lowest BCUT2D eigenvalue weighted by atomic mass is 10.0. The van der Waals surface area contributed by atoms with Gasteiger partial charge in [-0.3, -0.25) is 0 Å². The quantitative estimate of drug-likeness (QED) is 0.710. The van der Waals surface area contributed by atoms with Gasteiger partial charge in [0.2, 0.25) is 0 Å². The molecule has 0 spiro atoms. The fourth-order valence-electron chi connectivity index (χ4n) is 2.32. The number of rotatable bonds is 2. The number of nitrogens with zero attached hydrogens (tertiary/aromatic N) is 1. The molecule has 5 heteroatoms. The van der Waals surface area contributed by atoms with Crippen LogP contribution in [0.25, 0.3) is 0 Å². The summed E-state index contributed by atoms with van der Waals surface area (Å²) in [7, 11) is 0. The van der Waals surface area contributed by atoms with Crippen molar-refractivity contribution in [3.63, 3.8) is 0 Å². The average Bonchev–Trinajstić information content (AvgIpc) is 2.37. The van der Waals surface area contributed by atoms with Crippen LogP contribution in [0.1, 0.15) is 26.3 Å². The van der Waals surface area contributed by atoms with Gasteiger partial charge in [-0.2, -0.15) is 0 Å². The summed E-state index contributed by atoms with van der Waals surface area (Å²) in [4.78, 5) is 14.1. The van der Waals surface area contributed by atoms with Crippen LogP contribution in [0.3, 0.4) is 0 Å². The van der Waals surface area contributed by atoms with Crippen LogP contribution in [-0.4, -0.2) is 42.4 Å². The Labute approximate surface area is 139 Å². The summed E-state index contributed by atoms with van der Waals surface area (Å²) < 4.78 is 12.2. The van der Waals surface area contributed by atoms with E-state index in [1.165, 1.54) is 9.13 Å². The van der Waals surface area contributed by atoms with Crippen LogP contribution < -0.4 is 0 Å². The van der Waals surface area contributed by atoms with Crippen LogP contribution in [0, 0.1) is 3.57 Å². The van der Waals surface area contributed by atoms with Gasteiger partial charge in [-0.05, 0) is 67.5 Å². The van der Waals surface area contributed by atoms with E-state index in [0.717, 1.165) is 6.42 Å². The number of morpholine rings is 1. The minimum Gasteiger partial charge on any atom is -0.444 e. The van der Waals surface area contributed by atoms with Crippen LogP contribution in [0.2, 0.25) is 0 Å². The van der Waals surface area contributed by atoms with Gasteiger partial charge in [0.05, 0.1) is 19.3 Å². The van der Waals surface area contributed by atoms with Crippen LogP contribution in [-0.2, 0) is 15.9 Å². The second-order valence-electron chi connectivity index (χ2n) is 6.24. The monoisotopic (exact) mass is 403 g/mol. The molecule has 116 valence electrons. The molecule has 1 unspecified atom stereocenters. The maximum atomic E-state index is 12.3. The molecule has 2 rings (SSSR count). The molecular formula is C16H22INO3. The van der Waals surface area contributed by atoms with Crippen molar-refractivity contribution in [1.29, 1.82) is 0 Å². The SMILES string of the molecule is CC(C)(C)OC(=O)N1CCOCC1Cc1cccc(I)c1. The van der Waals surface area contributed by atoms with Gasteiger partial charge in [0.1, 0.15) is 5.60 Å². The van der Waals surface area contributed by atoms with Crippen molar-refractivity contribution in [3.05, 3.63) is 33.4 Å². The summed E-state index contributed by atoms with van der Waals surface area (Å²) in [6.07, 6.45) is 0.539. The zero-order chi connectivity index (χ0) is 15.5. The lowest BCUT2D eigenvalue weighted by molar-refractivity contribution is -0.0319. The first-order valence-corrected chi connectivity index (χ1v) is 8.25. The van der Waals surface area contributed by atoms with E-state index in [2.05, 4.69) is 40.8 Å². The second kappa shape index (κ2) is 6.96. The molecule has 0 bridgehead atoms. The third-order valence-corrected chi connectivity index (χ3v) is 3.89. The smallest absolute Gasteiger partial charge is 0.410 e. The highest BCUT2D eigenvalue weighted by Gasteiger charge is 2.31. The van der Waals surface area contributed by atoms with E-state index >= 15 is 0 Å². The predicted molar refractivity (Wildman–Crippen MR) is 90.4 cm³/mol. The first-order valence-electron chi connectivity index (χ1n) is 7.17. The molecule has 0 saturated carbocycles. The van der Waals surface area contributed by atoms with Gasteiger partial charge in [0.25, 0.3) is 0 Å². The minimum atomic E-state index is -0.470. The molecular weight excluding hydrogens is 381 g/mol. The zero-order valence-corrected chi connectivity index (χ0v) is 14.9. The van der Waals surface area contributed by atoms with Crippen LogP contribution in [0.4, 0.5) is 4.79 Å². The van der Waals surface area contributed by atoms with Crippen LogP contribution >= 0.6 is 22.6 Å². The first-order chi connectivity index (χ1) is 9.85. The lowest BCUT2D eigenvalue weighted by Gasteiger charge is -2.36. The van der Waals surface area contributed by atoms with E-state index in [9.17, 15) is 4.79 Å². The van der Waals surface area contributed by atoms with E-state index < -0.39 is 5.60 Å². The maximum Gasteiger partial charge on any atom is 0.410 e. The molecule has 1 amide bonds. The van der Waals surface area contributed by atoms with Gasteiger partial charge in [-0.25, -0.2) is 4.79 Å². The van der Waals surface area contributed by atoms with Crippen molar-refractivity contribution in [2.75, 3.05) is 19.8 Å². The molecule has 1 fully saturated rings. The molecule has 1 atom stereocenters. The third kappa shape index (κ3) is 5.14. The van der Waals surface area contributed by atoms with Crippen molar-refractivity contribution in [3.8, 4) is 0 Å². The average molecular weight is 403 g/mol. The van der Waals surface area contributed by atoms with E-state index in [4.69, 9.17) is 9.47 Å². The van der Waals surface area contributed by atoms with Crippen molar-refractivity contribution in [2.45, 2.75) is 38.8 Å². The second-order valence-corrected chi connectivity index (χ2v) is 7.48. The van der Waals surface area contributed by atoms with E-state index in [0.29, 0.717) is 19.8 Å². The maximum absolute atomic E-state index is 12.3. The standard InChI is InChI=1S/C16H22INO3/c1-16(2,3)21-15(19)18-7-8-20-11-14(18)10-12-5-4-6-13(17)9-12/h4-6,9,14H,7-8,10-11H2,1-3H3. The highest BCUT2D eigenvalue weighted by Crippen LogP contribution is 2.18.